The second kappa shape index (κ2) is 13.8. The van der Waals surface area contributed by atoms with Gasteiger partial charge in [-0.25, -0.2) is 0 Å². The largest absolute Gasteiger partial charge is 0.311 e. The fourth-order valence-electron chi connectivity index (χ4n) is 7.41. The maximum atomic E-state index is 4.75. The lowest BCUT2D eigenvalue weighted by atomic mass is 9.97. The van der Waals surface area contributed by atoms with Crippen molar-refractivity contribution in [3.63, 3.8) is 0 Å². The zero-order valence-electron chi connectivity index (χ0n) is 29.8. The minimum atomic E-state index is 0.506. The molecule has 0 spiro atoms. The van der Waals surface area contributed by atoms with Gasteiger partial charge in [-0.2, -0.15) is 0 Å². The first kappa shape index (κ1) is 32.2. The van der Waals surface area contributed by atoms with Gasteiger partial charge in [0.05, 0.1) is 11.0 Å². The van der Waals surface area contributed by atoms with Crippen LogP contribution in [0.1, 0.15) is 31.7 Å². The summed E-state index contributed by atoms with van der Waals surface area (Å²) in [5.74, 6) is 2.12. The molecule has 0 amide bonds. The third-order valence-corrected chi connectivity index (χ3v) is 10.4. The summed E-state index contributed by atoms with van der Waals surface area (Å²) in [6, 6.07) is 64.5. The van der Waals surface area contributed by atoms with Gasteiger partial charge in [0.2, 0.25) is 0 Å². The molecule has 9 aromatic rings. The maximum absolute atomic E-state index is 4.75. The Morgan fingerprint density at radius 1 is 0.453 bits per heavy atom. The Balaban J connectivity index is 1.12. The average molecular weight is 686 g/mol. The molecule has 9 rings (SSSR count). The first-order valence-electron chi connectivity index (χ1n) is 18.3. The molecule has 5 nitrogen and oxygen atoms in total. The fraction of sp³-hybridized carbons (Fsp3) is 0.0833. The Hall–Kier alpha value is -6.72. The van der Waals surface area contributed by atoms with E-state index in [4.69, 9.17) is 10.2 Å². The molecule has 2 aromatic heterocycles. The van der Waals surface area contributed by atoms with Crippen LogP contribution in [0.15, 0.2) is 182 Å². The molecule has 0 aliphatic carbocycles. The van der Waals surface area contributed by atoms with Crippen molar-refractivity contribution >= 4 is 38.9 Å². The predicted molar refractivity (Wildman–Crippen MR) is 220 cm³/mol. The lowest BCUT2D eigenvalue weighted by Crippen LogP contribution is -2.10. The number of nitrogens with zero attached hydrogens (tertiary/aromatic N) is 5. The molecule has 0 aliphatic rings. The number of hydrogen-bond donors (Lipinski definition) is 0. The van der Waals surface area contributed by atoms with Crippen molar-refractivity contribution in [2.45, 2.75) is 26.2 Å². The molecule has 256 valence electrons. The highest BCUT2D eigenvalue weighted by atomic mass is 15.3. The number of aromatic nitrogens is 4. The maximum Gasteiger partial charge on any atom is 0.168 e. The zero-order chi connectivity index (χ0) is 35.7. The highest BCUT2D eigenvalue weighted by molar-refractivity contribution is 6.09. The van der Waals surface area contributed by atoms with Gasteiger partial charge in [-0.05, 0) is 90.7 Å². The van der Waals surface area contributed by atoms with Crippen molar-refractivity contribution < 1.29 is 0 Å². The predicted octanol–water partition coefficient (Wildman–Crippen LogP) is 12.7. The highest BCUT2D eigenvalue weighted by Gasteiger charge is 2.19. The Labute approximate surface area is 310 Å². The van der Waals surface area contributed by atoms with Crippen molar-refractivity contribution in [3.8, 4) is 34.2 Å². The molecule has 0 fully saturated rings. The van der Waals surface area contributed by atoms with Gasteiger partial charge < -0.3 is 9.47 Å². The Morgan fingerprint density at radius 3 is 1.42 bits per heavy atom. The summed E-state index contributed by atoms with van der Waals surface area (Å²) in [5.41, 5.74) is 11.1. The molecule has 0 saturated carbocycles. The van der Waals surface area contributed by atoms with E-state index in [9.17, 15) is 0 Å². The second-order valence-electron chi connectivity index (χ2n) is 13.6. The van der Waals surface area contributed by atoms with Crippen LogP contribution in [-0.2, 0) is 0 Å². The molecule has 2 heterocycles. The Kier molecular flexibility index (Phi) is 8.37. The monoisotopic (exact) mass is 685 g/mol. The van der Waals surface area contributed by atoms with Crippen LogP contribution in [0.5, 0.6) is 0 Å². The van der Waals surface area contributed by atoms with E-state index in [1.54, 1.807) is 0 Å². The molecule has 0 aliphatic heterocycles. The van der Waals surface area contributed by atoms with Crippen LogP contribution in [0, 0.1) is 0 Å². The number of benzene rings is 7. The molecule has 7 aromatic carbocycles. The van der Waals surface area contributed by atoms with E-state index in [-0.39, 0.29) is 0 Å². The van der Waals surface area contributed by atoms with Gasteiger partial charge in [0, 0.05) is 50.3 Å². The van der Waals surface area contributed by atoms with Crippen molar-refractivity contribution in [2.75, 3.05) is 4.90 Å². The number of hydrogen-bond acceptors (Lipinski definition) is 3. The van der Waals surface area contributed by atoms with Crippen molar-refractivity contribution in [1.29, 1.82) is 0 Å². The second-order valence-corrected chi connectivity index (χ2v) is 13.6. The van der Waals surface area contributed by atoms with Gasteiger partial charge in [0.1, 0.15) is 0 Å². The van der Waals surface area contributed by atoms with E-state index in [2.05, 4.69) is 192 Å². The summed E-state index contributed by atoms with van der Waals surface area (Å²) < 4.78 is 4.53. The molecule has 0 N–H and O–H groups in total. The van der Waals surface area contributed by atoms with Gasteiger partial charge >= 0.3 is 0 Å². The molecular weight excluding hydrogens is 647 g/mol. The quantitative estimate of drug-likeness (QED) is 0.152. The van der Waals surface area contributed by atoms with E-state index in [1.165, 1.54) is 27.4 Å². The van der Waals surface area contributed by atoms with E-state index < -0.39 is 0 Å². The standard InChI is InChI=1S/C48H39N5/c1-3-34(2)35-22-24-37(25-23-35)48-50-49-47(36-14-6-4-7-15-36)53(48)42-32-28-40(29-33-42)51(38-16-8-5-9-17-38)39-26-30-41(31-27-39)52-45-20-12-10-18-43(45)44-19-11-13-21-46(44)52/h4-34H,3H2,1-2H3. The van der Waals surface area contributed by atoms with Crippen molar-refractivity contribution in [2.24, 2.45) is 0 Å². The lowest BCUT2D eigenvalue weighted by Gasteiger charge is -2.26. The first-order valence-corrected chi connectivity index (χ1v) is 18.3. The normalized spacial score (nSPS) is 12.0. The number of para-hydroxylation sites is 3. The van der Waals surface area contributed by atoms with Crippen LogP contribution in [0.2, 0.25) is 0 Å². The SMILES string of the molecule is CCC(C)c1ccc(-c2nnc(-c3ccccc3)n2-c2ccc(N(c3ccccc3)c3ccc(-n4c5ccccc5c5ccccc54)cc3)cc2)cc1. The van der Waals surface area contributed by atoms with Crippen LogP contribution in [0.3, 0.4) is 0 Å². The first-order chi connectivity index (χ1) is 26.2. The summed E-state index contributed by atoms with van der Waals surface area (Å²) in [6.45, 7) is 4.50. The lowest BCUT2D eigenvalue weighted by molar-refractivity contribution is 0.734. The van der Waals surface area contributed by atoms with E-state index >= 15 is 0 Å². The fourth-order valence-corrected chi connectivity index (χ4v) is 7.41. The minimum absolute atomic E-state index is 0.506. The molecule has 0 bridgehead atoms. The summed E-state index contributed by atoms with van der Waals surface area (Å²) in [6.07, 6.45) is 1.10. The van der Waals surface area contributed by atoms with Gasteiger partial charge in [-0.15, -0.1) is 10.2 Å². The van der Waals surface area contributed by atoms with E-state index in [0.29, 0.717) is 5.92 Å². The number of rotatable bonds is 9. The van der Waals surface area contributed by atoms with Gasteiger partial charge in [0.15, 0.2) is 11.6 Å². The third kappa shape index (κ3) is 5.86. The number of fused-ring (bicyclic) bond motifs is 3. The van der Waals surface area contributed by atoms with Crippen LogP contribution in [-0.4, -0.2) is 19.3 Å². The van der Waals surface area contributed by atoms with E-state index in [1.807, 2.05) is 18.2 Å². The topological polar surface area (TPSA) is 38.9 Å². The van der Waals surface area contributed by atoms with Gasteiger partial charge in [0.25, 0.3) is 0 Å². The van der Waals surface area contributed by atoms with Gasteiger partial charge in [-0.3, -0.25) is 4.57 Å². The van der Waals surface area contributed by atoms with E-state index in [0.717, 1.165) is 57.6 Å². The van der Waals surface area contributed by atoms with Crippen LogP contribution < -0.4 is 4.90 Å². The van der Waals surface area contributed by atoms with Crippen LogP contribution in [0.4, 0.5) is 17.1 Å². The van der Waals surface area contributed by atoms with Crippen molar-refractivity contribution in [1.82, 2.24) is 19.3 Å². The Morgan fingerprint density at radius 2 is 0.887 bits per heavy atom. The van der Waals surface area contributed by atoms with Crippen LogP contribution in [0.25, 0.3) is 56.0 Å². The molecule has 0 saturated heterocycles. The Bertz CT molecular complexity index is 2580. The molecule has 0 radical (unpaired) electrons. The smallest absolute Gasteiger partial charge is 0.168 e. The third-order valence-electron chi connectivity index (χ3n) is 10.4. The van der Waals surface area contributed by atoms with Gasteiger partial charge in [-0.1, -0.05) is 123 Å². The molecular formula is C48H39N5. The average Bonchev–Trinajstić information content (AvgIpc) is 3.82. The zero-order valence-corrected chi connectivity index (χ0v) is 29.8. The molecule has 53 heavy (non-hydrogen) atoms. The van der Waals surface area contributed by atoms with Crippen LogP contribution >= 0.6 is 0 Å². The van der Waals surface area contributed by atoms with Crippen molar-refractivity contribution in [3.05, 3.63) is 188 Å². The number of anilines is 3. The summed E-state index contributed by atoms with van der Waals surface area (Å²) in [5, 5.41) is 12.0. The molecule has 5 heteroatoms. The minimum Gasteiger partial charge on any atom is -0.311 e. The summed E-state index contributed by atoms with van der Waals surface area (Å²) in [4.78, 5) is 2.30. The summed E-state index contributed by atoms with van der Waals surface area (Å²) >= 11 is 0. The molecule has 1 unspecified atom stereocenters. The molecule has 1 atom stereocenters. The highest BCUT2D eigenvalue weighted by Crippen LogP contribution is 2.38. The summed E-state index contributed by atoms with van der Waals surface area (Å²) in [7, 11) is 0.